The summed E-state index contributed by atoms with van der Waals surface area (Å²) in [6, 6.07) is 6.46. The first-order chi connectivity index (χ1) is 9.74. The third kappa shape index (κ3) is 2.81. The van der Waals surface area contributed by atoms with Gasteiger partial charge in [0, 0.05) is 12.6 Å². The second kappa shape index (κ2) is 5.85. The molecule has 1 aliphatic rings. The van der Waals surface area contributed by atoms with E-state index in [1.807, 2.05) is 6.07 Å². The fraction of sp³-hybridized carbons (Fsp3) is 0.375. The van der Waals surface area contributed by atoms with Gasteiger partial charge in [-0.25, -0.2) is 0 Å². The van der Waals surface area contributed by atoms with E-state index >= 15 is 0 Å². The lowest BCUT2D eigenvalue weighted by atomic mass is 10.1. The Morgan fingerprint density at radius 2 is 2.00 bits per heavy atom. The molecule has 0 spiro atoms. The van der Waals surface area contributed by atoms with E-state index in [1.54, 1.807) is 11.3 Å². The molecule has 0 fully saturated rings. The lowest BCUT2D eigenvalue weighted by molar-refractivity contribution is 0.171. The molecule has 1 aromatic carbocycles. The van der Waals surface area contributed by atoms with Crippen LogP contribution in [-0.2, 0) is 6.54 Å². The Morgan fingerprint density at radius 3 is 2.75 bits per heavy atom. The zero-order chi connectivity index (χ0) is 13.9. The smallest absolute Gasteiger partial charge is 0.161 e. The molecule has 1 atom stereocenters. The zero-order valence-electron chi connectivity index (χ0n) is 11.8. The lowest BCUT2D eigenvalue weighted by Gasteiger charge is -2.21. The molecular formula is C16H19NO2S. The van der Waals surface area contributed by atoms with Gasteiger partial charge < -0.3 is 14.8 Å². The van der Waals surface area contributed by atoms with Crippen molar-refractivity contribution in [3.8, 4) is 11.5 Å². The summed E-state index contributed by atoms with van der Waals surface area (Å²) in [4.78, 5) is 0. The normalized spacial score (nSPS) is 15.1. The van der Waals surface area contributed by atoms with Crippen molar-refractivity contribution >= 4 is 11.3 Å². The van der Waals surface area contributed by atoms with E-state index in [9.17, 15) is 0 Å². The molecule has 3 rings (SSSR count). The van der Waals surface area contributed by atoms with Gasteiger partial charge >= 0.3 is 0 Å². The highest BCUT2D eigenvalue weighted by molar-refractivity contribution is 7.08. The number of nitrogens with one attached hydrogen (secondary N) is 1. The number of aryl methyl sites for hydroxylation is 1. The Kier molecular flexibility index (Phi) is 3.94. The average molecular weight is 289 g/mol. The molecule has 106 valence electrons. The van der Waals surface area contributed by atoms with Gasteiger partial charge in [0.2, 0.25) is 0 Å². The van der Waals surface area contributed by atoms with E-state index in [-0.39, 0.29) is 6.04 Å². The van der Waals surface area contributed by atoms with Crippen molar-refractivity contribution in [1.29, 1.82) is 0 Å². The van der Waals surface area contributed by atoms with E-state index in [4.69, 9.17) is 9.47 Å². The standard InChI is InChI=1S/C16H19NO2S/c1-11-9-20-10-14(11)8-17-12(2)13-3-4-15-16(7-13)19-6-5-18-15/h3-4,7,9-10,12,17H,5-6,8H2,1-2H3. The molecule has 0 bridgehead atoms. The molecule has 1 N–H and O–H groups in total. The minimum absolute atomic E-state index is 0.283. The summed E-state index contributed by atoms with van der Waals surface area (Å²) in [5.41, 5.74) is 3.96. The van der Waals surface area contributed by atoms with Gasteiger partial charge in [0.05, 0.1) is 0 Å². The summed E-state index contributed by atoms with van der Waals surface area (Å²) < 4.78 is 11.2. The highest BCUT2D eigenvalue weighted by atomic mass is 32.1. The van der Waals surface area contributed by atoms with Crippen LogP contribution < -0.4 is 14.8 Å². The van der Waals surface area contributed by atoms with Gasteiger partial charge in [0.25, 0.3) is 0 Å². The van der Waals surface area contributed by atoms with Crippen LogP contribution in [0.15, 0.2) is 29.0 Å². The van der Waals surface area contributed by atoms with E-state index < -0.39 is 0 Å². The second-order valence-electron chi connectivity index (χ2n) is 5.09. The molecule has 1 aliphatic heterocycles. The van der Waals surface area contributed by atoms with Crippen molar-refractivity contribution in [3.05, 3.63) is 45.6 Å². The Morgan fingerprint density at radius 1 is 1.20 bits per heavy atom. The first kappa shape index (κ1) is 13.5. The van der Waals surface area contributed by atoms with Gasteiger partial charge in [-0.2, -0.15) is 11.3 Å². The molecule has 0 amide bonds. The Labute approximate surface area is 123 Å². The minimum atomic E-state index is 0.283. The molecule has 1 aromatic heterocycles. The number of thiophene rings is 1. The van der Waals surface area contributed by atoms with Crippen LogP contribution in [0.2, 0.25) is 0 Å². The third-order valence-corrected chi connectivity index (χ3v) is 4.54. The van der Waals surface area contributed by atoms with Crippen LogP contribution in [0, 0.1) is 6.92 Å². The van der Waals surface area contributed by atoms with E-state index in [0.29, 0.717) is 13.2 Å². The molecule has 0 aliphatic carbocycles. The number of hydrogen-bond donors (Lipinski definition) is 1. The fourth-order valence-corrected chi connectivity index (χ4v) is 3.14. The molecule has 0 saturated carbocycles. The summed E-state index contributed by atoms with van der Waals surface area (Å²) in [5.74, 6) is 1.70. The second-order valence-corrected chi connectivity index (χ2v) is 5.83. The minimum Gasteiger partial charge on any atom is -0.486 e. The molecule has 2 heterocycles. The summed E-state index contributed by atoms with van der Waals surface area (Å²) in [6.07, 6.45) is 0. The quantitative estimate of drug-likeness (QED) is 0.931. The first-order valence-corrected chi connectivity index (χ1v) is 7.83. The van der Waals surface area contributed by atoms with Crippen LogP contribution in [0.5, 0.6) is 11.5 Å². The Bertz CT molecular complexity index is 594. The lowest BCUT2D eigenvalue weighted by Crippen LogP contribution is -2.19. The van der Waals surface area contributed by atoms with Crippen molar-refractivity contribution in [1.82, 2.24) is 5.32 Å². The first-order valence-electron chi connectivity index (χ1n) is 6.88. The van der Waals surface area contributed by atoms with Gasteiger partial charge in [0.1, 0.15) is 13.2 Å². The van der Waals surface area contributed by atoms with Gasteiger partial charge in [-0.1, -0.05) is 6.07 Å². The van der Waals surface area contributed by atoms with Gasteiger partial charge in [0.15, 0.2) is 11.5 Å². The topological polar surface area (TPSA) is 30.5 Å². The van der Waals surface area contributed by atoms with E-state index in [0.717, 1.165) is 18.0 Å². The van der Waals surface area contributed by atoms with Crippen LogP contribution in [-0.4, -0.2) is 13.2 Å². The van der Waals surface area contributed by atoms with Crippen LogP contribution in [0.25, 0.3) is 0 Å². The summed E-state index contributed by atoms with van der Waals surface area (Å²) in [6.45, 7) is 6.49. The van der Waals surface area contributed by atoms with Crippen molar-refractivity contribution < 1.29 is 9.47 Å². The maximum absolute atomic E-state index is 5.63. The summed E-state index contributed by atoms with van der Waals surface area (Å²) in [5, 5.41) is 7.95. The maximum atomic E-state index is 5.63. The van der Waals surface area contributed by atoms with Crippen LogP contribution in [0.4, 0.5) is 0 Å². The molecule has 2 aromatic rings. The fourth-order valence-electron chi connectivity index (χ4n) is 2.28. The Hall–Kier alpha value is -1.52. The predicted molar refractivity (Wildman–Crippen MR) is 81.7 cm³/mol. The molecule has 3 nitrogen and oxygen atoms in total. The monoisotopic (exact) mass is 289 g/mol. The molecule has 4 heteroatoms. The van der Waals surface area contributed by atoms with Gasteiger partial charge in [-0.05, 0) is 53.4 Å². The molecule has 1 unspecified atom stereocenters. The van der Waals surface area contributed by atoms with Crippen LogP contribution >= 0.6 is 11.3 Å². The third-order valence-electron chi connectivity index (χ3n) is 3.63. The molecule has 20 heavy (non-hydrogen) atoms. The number of fused-ring (bicyclic) bond motifs is 1. The number of hydrogen-bond acceptors (Lipinski definition) is 4. The summed E-state index contributed by atoms with van der Waals surface area (Å²) in [7, 11) is 0. The van der Waals surface area contributed by atoms with Crippen molar-refractivity contribution in [3.63, 3.8) is 0 Å². The van der Waals surface area contributed by atoms with Crippen LogP contribution in [0.1, 0.15) is 29.7 Å². The van der Waals surface area contributed by atoms with E-state index in [2.05, 4.69) is 42.1 Å². The highest BCUT2D eigenvalue weighted by Crippen LogP contribution is 2.32. The largest absolute Gasteiger partial charge is 0.486 e. The molecule has 0 radical (unpaired) electrons. The Balaban J connectivity index is 1.67. The summed E-state index contributed by atoms with van der Waals surface area (Å²) >= 11 is 1.76. The number of ether oxygens (including phenoxy) is 2. The maximum Gasteiger partial charge on any atom is 0.161 e. The van der Waals surface area contributed by atoms with Crippen molar-refractivity contribution in [2.75, 3.05) is 13.2 Å². The predicted octanol–water partition coefficient (Wildman–Crippen LogP) is 3.68. The molecule has 0 saturated heterocycles. The van der Waals surface area contributed by atoms with Crippen molar-refractivity contribution in [2.24, 2.45) is 0 Å². The van der Waals surface area contributed by atoms with Gasteiger partial charge in [-0.3, -0.25) is 0 Å². The van der Waals surface area contributed by atoms with Gasteiger partial charge in [-0.15, -0.1) is 0 Å². The number of rotatable bonds is 4. The molecular weight excluding hydrogens is 270 g/mol. The average Bonchev–Trinajstić information content (AvgIpc) is 2.89. The van der Waals surface area contributed by atoms with Crippen molar-refractivity contribution in [2.45, 2.75) is 26.4 Å². The SMILES string of the molecule is Cc1cscc1CNC(C)c1ccc2c(c1)OCCO2. The van der Waals surface area contributed by atoms with Crippen LogP contribution in [0.3, 0.4) is 0 Å². The number of benzene rings is 1. The van der Waals surface area contributed by atoms with E-state index in [1.165, 1.54) is 16.7 Å². The highest BCUT2D eigenvalue weighted by Gasteiger charge is 2.14. The zero-order valence-corrected chi connectivity index (χ0v) is 12.6.